The SMILES string of the molecule is O=Cc1cc(C(F)(F)F)cc(C(F)(F)F)c1CO. The fraction of sp³-hybridized carbons (Fsp3) is 0.300. The third kappa shape index (κ3) is 2.81. The summed E-state index contributed by atoms with van der Waals surface area (Å²) in [5.74, 6) is 0. The van der Waals surface area contributed by atoms with Crippen LogP contribution in [0.3, 0.4) is 0 Å². The first-order chi connectivity index (χ1) is 8.11. The lowest BCUT2D eigenvalue weighted by Gasteiger charge is -2.16. The Kier molecular flexibility index (Phi) is 3.70. The Morgan fingerprint density at radius 3 is 1.94 bits per heavy atom. The second kappa shape index (κ2) is 4.60. The summed E-state index contributed by atoms with van der Waals surface area (Å²) in [5, 5.41) is 8.75. The molecule has 0 radical (unpaired) electrons. The summed E-state index contributed by atoms with van der Waals surface area (Å²) in [6.07, 6.45) is -10.3. The fourth-order valence-electron chi connectivity index (χ4n) is 1.39. The number of aliphatic hydroxyl groups is 1. The van der Waals surface area contributed by atoms with E-state index in [2.05, 4.69) is 0 Å². The van der Waals surface area contributed by atoms with Crippen molar-refractivity contribution in [2.75, 3.05) is 0 Å². The van der Waals surface area contributed by atoms with Gasteiger partial charge in [0.15, 0.2) is 0 Å². The van der Waals surface area contributed by atoms with Crippen molar-refractivity contribution in [2.45, 2.75) is 19.0 Å². The van der Waals surface area contributed by atoms with Crippen LogP contribution in [-0.4, -0.2) is 11.4 Å². The Hall–Kier alpha value is -1.57. The number of halogens is 6. The molecule has 0 aliphatic heterocycles. The van der Waals surface area contributed by atoms with Gasteiger partial charge in [0.2, 0.25) is 0 Å². The second-order valence-corrected chi connectivity index (χ2v) is 3.36. The minimum absolute atomic E-state index is 0.126. The lowest BCUT2D eigenvalue weighted by molar-refractivity contribution is -0.143. The van der Waals surface area contributed by atoms with Gasteiger partial charge in [-0.25, -0.2) is 0 Å². The van der Waals surface area contributed by atoms with Gasteiger partial charge in [0.05, 0.1) is 17.7 Å². The highest BCUT2D eigenvalue weighted by atomic mass is 19.4. The quantitative estimate of drug-likeness (QED) is 0.663. The summed E-state index contributed by atoms with van der Waals surface area (Å²) < 4.78 is 74.7. The van der Waals surface area contributed by atoms with Crippen molar-refractivity contribution in [3.8, 4) is 0 Å². The zero-order valence-corrected chi connectivity index (χ0v) is 8.56. The molecule has 2 nitrogen and oxygen atoms in total. The van der Waals surface area contributed by atoms with Crippen LogP contribution in [-0.2, 0) is 19.0 Å². The first-order valence-electron chi connectivity index (χ1n) is 4.48. The molecule has 0 atom stereocenters. The van der Waals surface area contributed by atoms with Gasteiger partial charge in [0.25, 0.3) is 0 Å². The average Bonchev–Trinajstić information content (AvgIpc) is 2.24. The topological polar surface area (TPSA) is 37.3 Å². The number of hydrogen-bond acceptors (Lipinski definition) is 2. The van der Waals surface area contributed by atoms with E-state index in [1.54, 1.807) is 0 Å². The van der Waals surface area contributed by atoms with E-state index in [0.717, 1.165) is 0 Å². The molecule has 8 heteroatoms. The van der Waals surface area contributed by atoms with Crippen LogP contribution in [0.1, 0.15) is 27.0 Å². The smallest absolute Gasteiger partial charge is 0.392 e. The molecule has 1 rings (SSSR count). The number of rotatable bonds is 2. The van der Waals surface area contributed by atoms with Gasteiger partial charge in [-0.2, -0.15) is 26.3 Å². The minimum Gasteiger partial charge on any atom is -0.392 e. The summed E-state index contributed by atoms with van der Waals surface area (Å²) in [5.41, 5.74) is -4.96. The fourth-order valence-corrected chi connectivity index (χ4v) is 1.39. The van der Waals surface area contributed by atoms with Gasteiger partial charge in [0.1, 0.15) is 6.29 Å². The Bertz CT molecular complexity index is 461. The molecule has 1 aromatic carbocycles. The first kappa shape index (κ1) is 14.5. The van der Waals surface area contributed by atoms with Crippen molar-refractivity contribution in [1.82, 2.24) is 0 Å². The van der Waals surface area contributed by atoms with Crippen molar-refractivity contribution in [1.29, 1.82) is 0 Å². The number of aldehydes is 1. The minimum atomic E-state index is -5.09. The molecule has 1 aromatic rings. The monoisotopic (exact) mass is 272 g/mol. The summed E-state index contributed by atoms with van der Waals surface area (Å²) in [6.45, 7) is -1.18. The molecule has 100 valence electrons. The maximum atomic E-state index is 12.5. The third-order valence-electron chi connectivity index (χ3n) is 2.20. The van der Waals surface area contributed by atoms with Crippen LogP contribution in [0.4, 0.5) is 26.3 Å². The predicted molar refractivity (Wildman–Crippen MR) is 47.8 cm³/mol. The number of benzene rings is 1. The Labute approximate surface area is 96.8 Å². The predicted octanol–water partition coefficient (Wildman–Crippen LogP) is 3.03. The van der Waals surface area contributed by atoms with Gasteiger partial charge in [0, 0.05) is 11.1 Å². The summed E-state index contributed by atoms with van der Waals surface area (Å²) >= 11 is 0. The van der Waals surface area contributed by atoms with Crippen molar-refractivity contribution < 1.29 is 36.2 Å². The molecule has 0 fully saturated rings. The molecule has 0 bridgehead atoms. The highest BCUT2D eigenvalue weighted by Crippen LogP contribution is 2.38. The van der Waals surface area contributed by atoms with Gasteiger partial charge >= 0.3 is 12.4 Å². The molecular formula is C10H6F6O2. The maximum Gasteiger partial charge on any atom is 0.416 e. The molecular weight excluding hydrogens is 266 g/mol. The van der Waals surface area contributed by atoms with Gasteiger partial charge in [-0.1, -0.05) is 0 Å². The third-order valence-corrected chi connectivity index (χ3v) is 2.20. The number of alkyl halides is 6. The van der Waals surface area contributed by atoms with Crippen molar-refractivity contribution in [2.24, 2.45) is 0 Å². The van der Waals surface area contributed by atoms with E-state index in [9.17, 15) is 31.1 Å². The van der Waals surface area contributed by atoms with Crippen LogP contribution in [0.2, 0.25) is 0 Å². The van der Waals surface area contributed by atoms with Crippen molar-refractivity contribution in [3.05, 3.63) is 34.4 Å². The van der Waals surface area contributed by atoms with Gasteiger partial charge in [-0.15, -0.1) is 0 Å². The maximum absolute atomic E-state index is 12.5. The number of carbonyl (C=O) groups excluding carboxylic acids is 1. The number of carbonyl (C=O) groups is 1. The standard InChI is InChI=1S/C10H6F6O2/c11-9(12,13)6-1-5(3-17)7(4-18)8(2-6)10(14,15)16/h1-3,18H,4H2. The van der Waals surface area contributed by atoms with E-state index in [0.29, 0.717) is 0 Å². The molecule has 0 aliphatic rings. The lowest BCUT2D eigenvalue weighted by Crippen LogP contribution is -2.15. The zero-order chi connectivity index (χ0) is 14.1. The van der Waals surface area contributed by atoms with Gasteiger partial charge < -0.3 is 5.11 Å². The second-order valence-electron chi connectivity index (χ2n) is 3.36. The number of hydrogen-bond donors (Lipinski definition) is 1. The molecule has 0 heterocycles. The molecule has 0 aromatic heterocycles. The van der Waals surface area contributed by atoms with Crippen LogP contribution in [0.25, 0.3) is 0 Å². The van der Waals surface area contributed by atoms with Crippen LogP contribution in [0.15, 0.2) is 12.1 Å². The molecule has 18 heavy (non-hydrogen) atoms. The van der Waals surface area contributed by atoms with Crippen LogP contribution in [0, 0.1) is 0 Å². The summed E-state index contributed by atoms with van der Waals surface area (Å²) in [6, 6.07) is 0.145. The molecule has 0 unspecified atom stereocenters. The zero-order valence-electron chi connectivity index (χ0n) is 8.56. The Balaban J connectivity index is 3.62. The van der Waals surface area contributed by atoms with E-state index < -0.39 is 41.2 Å². The Morgan fingerprint density at radius 1 is 1.06 bits per heavy atom. The molecule has 1 N–H and O–H groups in total. The molecule has 0 saturated heterocycles. The van der Waals surface area contributed by atoms with E-state index in [-0.39, 0.29) is 18.4 Å². The number of aliphatic hydroxyl groups excluding tert-OH is 1. The van der Waals surface area contributed by atoms with Crippen LogP contribution in [0.5, 0.6) is 0 Å². The Morgan fingerprint density at radius 2 is 1.61 bits per heavy atom. The lowest BCUT2D eigenvalue weighted by atomic mass is 9.98. The summed E-state index contributed by atoms with van der Waals surface area (Å²) in [4.78, 5) is 10.5. The van der Waals surface area contributed by atoms with Crippen LogP contribution >= 0.6 is 0 Å². The van der Waals surface area contributed by atoms with Crippen molar-refractivity contribution >= 4 is 6.29 Å². The molecule has 0 saturated carbocycles. The van der Waals surface area contributed by atoms with Gasteiger partial charge in [-0.05, 0) is 12.1 Å². The first-order valence-corrected chi connectivity index (χ1v) is 4.48. The van der Waals surface area contributed by atoms with E-state index in [1.165, 1.54) is 0 Å². The van der Waals surface area contributed by atoms with E-state index in [1.807, 2.05) is 0 Å². The highest BCUT2D eigenvalue weighted by molar-refractivity contribution is 5.78. The molecule has 0 spiro atoms. The molecule has 0 aliphatic carbocycles. The van der Waals surface area contributed by atoms with E-state index >= 15 is 0 Å². The molecule has 0 amide bonds. The van der Waals surface area contributed by atoms with Crippen molar-refractivity contribution in [3.63, 3.8) is 0 Å². The normalized spacial score (nSPS) is 12.6. The van der Waals surface area contributed by atoms with Gasteiger partial charge in [-0.3, -0.25) is 4.79 Å². The van der Waals surface area contributed by atoms with E-state index in [4.69, 9.17) is 5.11 Å². The highest BCUT2D eigenvalue weighted by Gasteiger charge is 2.39. The average molecular weight is 272 g/mol. The largest absolute Gasteiger partial charge is 0.416 e. The van der Waals surface area contributed by atoms with Crippen LogP contribution < -0.4 is 0 Å². The summed E-state index contributed by atoms with van der Waals surface area (Å²) in [7, 11) is 0.